The molecule has 2 N–H and O–H groups in total. The first-order valence-corrected chi connectivity index (χ1v) is 18.6. The largest absolute Gasteiger partial charge is 0.494 e. The number of aryl methyl sites for hydroxylation is 1. The van der Waals surface area contributed by atoms with Crippen molar-refractivity contribution >= 4 is 18.0 Å². The summed E-state index contributed by atoms with van der Waals surface area (Å²) in [6.07, 6.45) is 1.83. The van der Waals surface area contributed by atoms with Gasteiger partial charge in [-0.25, -0.2) is 9.59 Å². The van der Waals surface area contributed by atoms with Crippen molar-refractivity contribution in [3.63, 3.8) is 0 Å². The van der Waals surface area contributed by atoms with Gasteiger partial charge in [-0.3, -0.25) is 4.79 Å². The van der Waals surface area contributed by atoms with Crippen LogP contribution in [-0.4, -0.2) is 75.9 Å². The van der Waals surface area contributed by atoms with Gasteiger partial charge in [-0.15, -0.1) is 0 Å². The van der Waals surface area contributed by atoms with Gasteiger partial charge in [0, 0.05) is 5.92 Å². The van der Waals surface area contributed by atoms with E-state index in [0.717, 1.165) is 75.0 Å². The lowest BCUT2D eigenvalue weighted by atomic mass is 9.98. The van der Waals surface area contributed by atoms with Crippen molar-refractivity contribution in [1.82, 2.24) is 10.6 Å². The molecule has 4 aromatic rings. The Bertz CT molecular complexity index is 1790. The number of esters is 1. The number of alkyl carbamates (subject to hydrolysis) is 1. The fraction of sp³-hybridized carbons (Fsp3) is 0.386. The molecule has 0 fully saturated rings. The molecular formula is C44H54N3O6+. The standard InChI is InChI=1S/C44H53N3O6/c1-30(2)41(46-40(48)28-45-44(50)52-29-39-37-16-10-8-14-35(37)36-15-9-11-17-38(36)39)43(49)53-42(32-20-18-31(3)19-21-32)33-22-24-34(25-23-33)51-27-13-7-12-26-47(4,5)6/h8-11,14-25,30,39,41-42H,7,12-13,26-29H2,1-6H3,(H-,45,46,48,50)/p+1. The van der Waals surface area contributed by atoms with Crippen LogP contribution in [0, 0.1) is 12.8 Å². The van der Waals surface area contributed by atoms with Gasteiger partial charge in [0.1, 0.15) is 24.9 Å². The summed E-state index contributed by atoms with van der Waals surface area (Å²) in [6, 6.07) is 30.7. The van der Waals surface area contributed by atoms with Crippen LogP contribution in [0.4, 0.5) is 4.79 Å². The zero-order chi connectivity index (χ0) is 38.0. The number of hydrogen-bond acceptors (Lipinski definition) is 6. The number of quaternary nitrogens is 1. The molecule has 4 aromatic carbocycles. The highest BCUT2D eigenvalue weighted by Gasteiger charge is 2.31. The van der Waals surface area contributed by atoms with Crippen LogP contribution < -0.4 is 15.4 Å². The minimum absolute atomic E-state index is 0.0971. The number of carbonyl (C=O) groups is 3. The van der Waals surface area contributed by atoms with Crippen molar-refractivity contribution in [2.24, 2.45) is 5.92 Å². The minimum Gasteiger partial charge on any atom is -0.494 e. The molecule has 1 aliphatic rings. The summed E-state index contributed by atoms with van der Waals surface area (Å²) >= 11 is 0. The van der Waals surface area contributed by atoms with E-state index in [9.17, 15) is 14.4 Å². The van der Waals surface area contributed by atoms with Crippen LogP contribution in [0.1, 0.15) is 72.9 Å². The Morgan fingerprint density at radius 3 is 1.92 bits per heavy atom. The van der Waals surface area contributed by atoms with Gasteiger partial charge < -0.3 is 29.3 Å². The lowest BCUT2D eigenvalue weighted by molar-refractivity contribution is -0.870. The zero-order valence-electron chi connectivity index (χ0n) is 31.9. The first-order chi connectivity index (χ1) is 25.4. The summed E-state index contributed by atoms with van der Waals surface area (Å²) in [7, 11) is 6.61. The average Bonchev–Trinajstić information content (AvgIpc) is 3.46. The molecule has 0 aliphatic heterocycles. The van der Waals surface area contributed by atoms with Crippen LogP contribution in [0.3, 0.4) is 0 Å². The molecular weight excluding hydrogens is 666 g/mol. The van der Waals surface area contributed by atoms with E-state index in [1.807, 2.05) is 106 Å². The lowest BCUT2D eigenvalue weighted by Crippen LogP contribution is -2.49. The Hall–Kier alpha value is -5.15. The maximum atomic E-state index is 13.7. The second-order valence-corrected chi connectivity index (χ2v) is 15.2. The van der Waals surface area contributed by atoms with Crippen molar-refractivity contribution in [2.75, 3.05) is 47.4 Å². The number of benzene rings is 4. The molecule has 2 amide bonds. The summed E-state index contributed by atoms with van der Waals surface area (Å²) in [4.78, 5) is 39.5. The normalized spacial score (nSPS) is 13.4. The number of unbranched alkanes of at least 4 members (excludes halogenated alkanes) is 2. The van der Waals surface area contributed by atoms with Crippen molar-refractivity contribution in [3.05, 3.63) is 125 Å². The molecule has 2 atom stereocenters. The van der Waals surface area contributed by atoms with E-state index in [0.29, 0.717) is 6.61 Å². The SMILES string of the molecule is Cc1ccc(C(OC(=O)C(NC(=O)CNC(=O)OCC2c3ccccc3-c3ccccc32)C(C)C)c2ccc(OCCCCC[N+](C)(C)C)cc2)cc1. The smallest absolute Gasteiger partial charge is 0.407 e. The van der Waals surface area contributed by atoms with Crippen molar-refractivity contribution < 1.29 is 33.1 Å². The first kappa shape index (κ1) is 39.1. The van der Waals surface area contributed by atoms with Crippen LogP contribution in [0.15, 0.2) is 97.1 Å². The quantitative estimate of drug-likeness (QED) is 0.0663. The third kappa shape index (κ3) is 10.9. The number of nitrogens with zero attached hydrogens (tertiary/aromatic N) is 1. The molecule has 53 heavy (non-hydrogen) atoms. The fourth-order valence-corrected chi connectivity index (χ4v) is 6.58. The number of nitrogens with one attached hydrogen (secondary N) is 2. The Morgan fingerprint density at radius 2 is 1.34 bits per heavy atom. The molecule has 0 bridgehead atoms. The zero-order valence-corrected chi connectivity index (χ0v) is 31.9. The maximum Gasteiger partial charge on any atom is 0.407 e. The van der Waals surface area contributed by atoms with E-state index in [4.69, 9.17) is 14.2 Å². The average molecular weight is 721 g/mol. The Labute approximate surface area is 314 Å². The number of amides is 2. The molecule has 0 heterocycles. The van der Waals surface area contributed by atoms with Crippen molar-refractivity contribution in [3.8, 4) is 16.9 Å². The Kier molecular flexibility index (Phi) is 13.3. The van der Waals surface area contributed by atoms with Crippen LogP contribution in [0.25, 0.3) is 11.1 Å². The Balaban J connectivity index is 1.15. The lowest BCUT2D eigenvalue weighted by Gasteiger charge is -2.25. The summed E-state index contributed by atoms with van der Waals surface area (Å²) in [6.45, 7) is 7.21. The van der Waals surface area contributed by atoms with E-state index >= 15 is 0 Å². The van der Waals surface area contributed by atoms with E-state index in [1.165, 1.54) is 0 Å². The molecule has 0 saturated heterocycles. The van der Waals surface area contributed by atoms with Gasteiger partial charge in [-0.1, -0.05) is 104 Å². The van der Waals surface area contributed by atoms with Gasteiger partial charge in [0.05, 0.1) is 34.3 Å². The minimum atomic E-state index is -0.945. The second-order valence-electron chi connectivity index (χ2n) is 15.2. The fourth-order valence-electron chi connectivity index (χ4n) is 6.58. The Morgan fingerprint density at radius 1 is 0.755 bits per heavy atom. The number of hydrogen-bond donors (Lipinski definition) is 2. The third-order valence-electron chi connectivity index (χ3n) is 9.51. The molecule has 0 spiro atoms. The van der Waals surface area contributed by atoms with Gasteiger partial charge in [-0.05, 0) is 77.6 Å². The highest BCUT2D eigenvalue weighted by molar-refractivity contribution is 5.87. The molecule has 1 aliphatic carbocycles. The molecule has 9 heteroatoms. The van der Waals surface area contributed by atoms with Crippen molar-refractivity contribution in [1.29, 1.82) is 0 Å². The van der Waals surface area contributed by atoms with E-state index in [2.05, 4.69) is 43.9 Å². The van der Waals surface area contributed by atoms with Gasteiger partial charge in [0.25, 0.3) is 0 Å². The summed E-state index contributed by atoms with van der Waals surface area (Å²) in [5.41, 5.74) is 7.13. The number of ether oxygens (including phenoxy) is 3. The molecule has 9 nitrogen and oxygen atoms in total. The third-order valence-corrected chi connectivity index (χ3v) is 9.51. The molecule has 2 unspecified atom stereocenters. The van der Waals surface area contributed by atoms with Gasteiger partial charge in [0.15, 0.2) is 6.10 Å². The predicted molar refractivity (Wildman–Crippen MR) is 208 cm³/mol. The van der Waals surface area contributed by atoms with Gasteiger partial charge in [0.2, 0.25) is 5.91 Å². The van der Waals surface area contributed by atoms with E-state index in [-0.39, 0.29) is 25.0 Å². The molecule has 0 radical (unpaired) electrons. The van der Waals surface area contributed by atoms with Gasteiger partial charge in [-0.2, -0.15) is 0 Å². The van der Waals surface area contributed by atoms with Crippen LogP contribution in [-0.2, 0) is 19.1 Å². The number of rotatable bonds is 17. The van der Waals surface area contributed by atoms with Gasteiger partial charge >= 0.3 is 12.1 Å². The number of carbonyl (C=O) groups excluding carboxylic acids is 3. The highest BCUT2D eigenvalue weighted by atomic mass is 16.6. The highest BCUT2D eigenvalue weighted by Crippen LogP contribution is 2.44. The second kappa shape index (κ2) is 18.1. The maximum absolute atomic E-state index is 13.7. The van der Waals surface area contributed by atoms with Crippen LogP contribution in [0.5, 0.6) is 5.75 Å². The monoisotopic (exact) mass is 720 g/mol. The van der Waals surface area contributed by atoms with E-state index < -0.39 is 30.1 Å². The molecule has 5 rings (SSSR count). The number of fused-ring (bicyclic) bond motifs is 3. The first-order valence-electron chi connectivity index (χ1n) is 18.6. The van der Waals surface area contributed by atoms with Crippen molar-refractivity contribution in [2.45, 2.75) is 58.1 Å². The summed E-state index contributed by atoms with van der Waals surface area (Å²) in [5, 5.41) is 5.30. The summed E-state index contributed by atoms with van der Waals surface area (Å²) in [5.74, 6) is -0.724. The topological polar surface area (TPSA) is 103 Å². The van der Waals surface area contributed by atoms with Crippen LogP contribution in [0.2, 0.25) is 0 Å². The molecule has 280 valence electrons. The molecule has 0 saturated carbocycles. The molecule has 0 aromatic heterocycles. The predicted octanol–water partition coefficient (Wildman–Crippen LogP) is 7.56. The summed E-state index contributed by atoms with van der Waals surface area (Å²) < 4.78 is 18.7. The van der Waals surface area contributed by atoms with E-state index in [1.54, 1.807) is 0 Å². The van der Waals surface area contributed by atoms with Crippen LogP contribution >= 0.6 is 0 Å².